The van der Waals surface area contributed by atoms with Gasteiger partial charge in [0.15, 0.2) is 5.69 Å². The highest BCUT2D eigenvalue weighted by Gasteiger charge is 2.11. The Morgan fingerprint density at radius 3 is 2.89 bits per heavy atom. The number of hydrogen-bond donors (Lipinski definition) is 1. The summed E-state index contributed by atoms with van der Waals surface area (Å²) < 4.78 is 4.79. The number of amides is 1. The summed E-state index contributed by atoms with van der Waals surface area (Å²) in [6.45, 7) is 1.87. The fourth-order valence-electron chi connectivity index (χ4n) is 1.53. The monoisotopic (exact) mass is 261 g/mol. The Hall–Kier alpha value is -2.70. The van der Waals surface area contributed by atoms with Crippen LogP contribution >= 0.6 is 0 Å². The first-order valence-corrected chi connectivity index (χ1v) is 5.51. The van der Waals surface area contributed by atoms with Gasteiger partial charge in [-0.25, -0.2) is 0 Å². The number of non-ortho nitro benzene ring substituents is 1. The van der Waals surface area contributed by atoms with Crippen LogP contribution in [-0.4, -0.2) is 16.0 Å². The second-order valence-corrected chi connectivity index (χ2v) is 3.93. The van der Waals surface area contributed by atoms with Crippen molar-refractivity contribution < 1.29 is 14.2 Å². The summed E-state index contributed by atoms with van der Waals surface area (Å²) in [5.41, 5.74) is 0.815. The first-order chi connectivity index (χ1) is 9.06. The number of benzene rings is 1. The Labute approximate surface area is 108 Å². The molecule has 1 aromatic carbocycles. The Morgan fingerprint density at radius 1 is 1.47 bits per heavy atom. The highest BCUT2D eigenvalue weighted by Crippen LogP contribution is 2.13. The molecule has 19 heavy (non-hydrogen) atoms. The van der Waals surface area contributed by atoms with E-state index in [9.17, 15) is 14.9 Å². The maximum absolute atomic E-state index is 11.7. The van der Waals surface area contributed by atoms with Gasteiger partial charge >= 0.3 is 0 Å². The average molecular weight is 261 g/mol. The predicted molar refractivity (Wildman–Crippen MR) is 65.5 cm³/mol. The zero-order chi connectivity index (χ0) is 13.8. The number of nitro groups is 1. The third-order valence-electron chi connectivity index (χ3n) is 2.44. The number of aromatic nitrogens is 1. The van der Waals surface area contributed by atoms with Crippen molar-refractivity contribution in [1.82, 2.24) is 10.5 Å². The molecule has 0 unspecified atom stereocenters. The van der Waals surface area contributed by atoms with Gasteiger partial charge in [0.2, 0.25) is 0 Å². The van der Waals surface area contributed by atoms with E-state index < -0.39 is 4.92 Å². The van der Waals surface area contributed by atoms with Crippen molar-refractivity contribution in [3.8, 4) is 0 Å². The Kier molecular flexibility index (Phi) is 3.56. The fourth-order valence-corrected chi connectivity index (χ4v) is 1.53. The summed E-state index contributed by atoms with van der Waals surface area (Å²) in [4.78, 5) is 21.8. The van der Waals surface area contributed by atoms with Crippen LogP contribution in [0.5, 0.6) is 0 Å². The first kappa shape index (κ1) is 12.7. The largest absolute Gasteiger partial charge is 0.361 e. The molecule has 1 amide bonds. The average Bonchev–Trinajstić information content (AvgIpc) is 2.83. The van der Waals surface area contributed by atoms with E-state index in [1.54, 1.807) is 19.1 Å². The number of aryl methyl sites for hydroxylation is 1. The number of nitro benzene ring substituents is 1. The minimum absolute atomic E-state index is 0.0102. The summed E-state index contributed by atoms with van der Waals surface area (Å²) in [6.07, 6.45) is 0. The predicted octanol–water partition coefficient (Wildman–Crippen LogP) is 1.82. The summed E-state index contributed by atoms with van der Waals surface area (Å²) in [7, 11) is 0. The lowest BCUT2D eigenvalue weighted by atomic mass is 10.2. The highest BCUT2D eigenvalue weighted by atomic mass is 16.6. The molecule has 0 saturated heterocycles. The summed E-state index contributed by atoms with van der Waals surface area (Å²) in [6, 6.07) is 7.59. The van der Waals surface area contributed by atoms with Crippen molar-refractivity contribution in [2.24, 2.45) is 0 Å². The normalized spacial score (nSPS) is 10.2. The van der Waals surface area contributed by atoms with Crippen molar-refractivity contribution in [1.29, 1.82) is 0 Å². The summed E-state index contributed by atoms with van der Waals surface area (Å²) in [5, 5.41) is 16.8. The summed E-state index contributed by atoms with van der Waals surface area (Å²) in [5.74, 6) is 0.156. The van der Waals surface area contributed by atoms with Gasteiger partial charge in [0.1, 0.15) is 5.76 Å². The van der Waals surface area contributed by atoms with Gasteiger partial charge in [-0.3, -0.25) is 14.9 Å². The van der Waals surface area contributed by atoms with Gasteiger partial charge in [0.25, 0.3) is 11.6 Å². The molecular weight excluding hydrogens is 250 g/mol. The number of carbonyl (C=O) groups excluding carboxylic acids is 1. The molecule has 0 spiro atoms. The van der Waals surface area contributed by atoms with Crippen molar-refractivity contribution in [3.63, 3.8) is 0 Å². The van der Waals surface area contributed by atoms with E-state index in [1.807, 2.05) is 0 Å². The lowest BCUT2D eigenvalue weighted by molar-refractivity contribution is -0.384. The maximum atomic E-state index is 11.7. The van der Waals surface area contributed by atoms with Crippen LogP contribution in [0.2, 0.25) is 0 Å². The number of hydrogen-bond acceptors (Lipinski definition) is 5. The standard InChI is InChI=1S/C12H11N3O4/c1-8-5-11(14-19-8)12(16)13-7-9-3-2-4-10(6-9)15(17)18/h2-6H,7H2,1H3,(H,13,16). The van der Waals surface area contributed by atoms with Crippen LogP contribution < -0.4 is 5.32 Å². The minimum atomic E-state index is -0.480. The van der Waals surface area contributed by atoms with Gasteiger partial charge in [-0.2, -0.15) is 0 Å². The molecule has 7 nitrogen and oxygen atoms in total. The second kappa shape index (κ2) is 5.30. The zero-order valence-corrected chi connectivity index (χ0v) is 10.1. The molecule has 1 N–H and O–H groups in total. The summed E-state index contributed by atoms with van der Waals surface area (Å²) >= 11 is 0. The van der Waals surface area contributed by atoms with Gasteiger partial charge in [-0.05, 0) is 12.5 Å². The molecule has 1 heterocycles. The third kappa shape index (κ3) is 3.15. The van der Waals surface area contributed by atoms with Crippen molar-refractivity contribution >= 4 is 11.6 Å². The Bertz CT molecular complexity index is 621. The lowest BCUT2D eigenvalue weighted by Crippen LogP contribution is -2.23. The minimum Gasteiger partial charge on any atom is -0.361 e. The molecule has 2 rings (SSSR count). The molecular formula is C12H11N3O4. The molecule has 98 valence electrons. The second-order valence-electron chi connectivity index (χ2n) is 3.93. The third-order valence-corrected chi connectivity index (χ3v) is 2.44. The van der Waals surface area contributed by atoms with E-state index in [2.05, 4.69) is 10.5 Å². The van der Waals surface area contributed by atoms with Gasteiger partial charge in [-0.1, -0.05) is 17.3 Å². The van der Waals surface area contributed by atoms with Crippen molar-refractivity contribution in [2.75, 3.05) is 0 Å². The van der Waals surface area contributed by atoms with Crippen LogP contribution in [0.1, 0.15) is 21.8 Å². The van der Waals surface area contributed by atoms with Gasteiger partial charge in [0.05, 0.1) is 4.92 Å². The number of nitrogens with zero attached hydrogens (tertiary/aromatic N) is 2. The Balaban J connectivity index is 2.01. The quantitative estimate of drug-likeness (QED) is 0.668. The van der Waals surface area contributed by atoms with E-state index in [-0.39, 0.29) is 23.8 Å². The van der Waals surface area contributed by atoms with E-state index >= 15 is 0 Å². The molecule has 0 saturated carbocycles. The van der Waals surface area contributed by atoms with Crippen LogP contribution in [0.15, 0.2) is 34.9 Å². The van der Waals surface area contributed by atoms with Gasteiger partial charge < -0.3 is 9.84 Å². The first-order valence-electron chi connectivity index (χ1n) is 5.51. The molecule has 0 aliphatic rings. The lowest BCUT2D eigenvalue weighted by Gasteiger charge is -2.02. The molecule has 0 radical (unpaired) electrons. The van der Waals surface area contributed by atoms with E-state index in [4.69, 9.17) is 4.52 Å². The number of rotatable bonds is 4. The topological polar surface area (TPSA) is 98.3 Å². The SMILES string of the molecule is Cc1cc(C(=O)NCc2cccc([N+](=O)[O-])c2)no1. The van der Waals surface area contributed by atoms with E-state index in [1.165, 1.54) is 18.2 Å². The van der Waals surface area contributed by atoms with Crippen molar-refractivity contribution in [2.45, 2.75) is 13.5 Å². The zero-order valence-electron chi connectivity index (χ0n) is 10.1. The number of carbonyl (C=O) groups is 1. The van der Waals surface area contributed by atoms with Crippen LogP contribution in [-0.2, 0) is 6.54 Å². The van der Waals surface area contributed by atoms with Crippen LogP contribution in [0.3, 0.4) is 0 Å². The molecule has 0 aliphatic heterocycles. The van der Waals surface area contributed by atoms with Crippen LogP contribution in [0.25, 0.3) is 0 Å². The Morgan fingerprint density at radius 2 is 2.26 bits per heavy atom. The molecule has 7 heteroatoms. The molecule has 0 aliphatic carbocycles. The van der Waals surface area contributed by atoms with Crippen LogP contribution in [0, 0.1) is 17.0 Å². The molecule has 0 atom stereocenters. The number of nitrogens with one attached hydrogen (secondary N) is 1. The van der Waals surface area contributed by atoms with Gasteiger partial charge in [-0.15, -0.1) is 0 Å². The highest BCUT2D eigenvalue weighted by molar-refractivity contribution is 5.92. The molecule has 0 bridgehead atoms. The van der Waals surface area contributed by atoms with Crippen LogP contribution in [0.4, 0.5) is 5.69 Å². The molecule has 0 fully saturated rings. The van der Waals surface area contributed by atoms with E-state index in [0.29, 0.717) is 11.3 Å². The maximum Gasteiger partial charge on any atom is 0.273 e. The van der Waals surface area contributed by atoms with E-state index in [0.717, 1.165) is 0 Å². The van der Waals surface area contributed by atoms with Crippen molar-refractivity contribution in [3.05, 3.63) is 57.5 Å². The smallest absolute Gasteiger partial charge is 0.273 e. The fraction of sp³-hybridized carbons (Fsp3) is 0.167. The van der Waals surface area contributed by atoms with Gasteiger partial charge in [0, 0.05) is 24.7 Å². The molecule has 1 aromatic heterocycles. The molecule has 2 aromatic rings.